The minimum atomic E-state index is -0.850. The van der Waals surface area contributed by atoms with E-state index in [2.05, 4.69) is 43.5 Å². The van der Waals surface area contributed by atoms with Gasteiger partial charge in [0, 0.05) is 19.4 Å². The van der Waals surface area contributed by atoms with Crippen LogP contribution in [0.2, 0.25) is 0 Å². The lowest BCUT2D eigenvalue weighted by atomic mass is 10.1. The van der Waals surface area contributed by atoms with Crippen LogP contribution in [0.5, 0.6) is 0 Å². The van der Waals surface area contributed by atoms with E-state index >= 15 is 0 Å². The van der Waals surface area contributed by atoms with Crippen molar-refractivity contribution in [2.24, 2.45) is 0 Å². The zero-order valence-corrected chi connectivity index (χ0v) is 23.6. The Morgan fingerprint density at radius 3 is 1.83 bits per heavy atom. The molecule has 0 aliphatic heterocycles. The Balaban J connectivity index is 3.48. The van der Waals surface area contributed by atoms with Gasteiger partial charge in [0.1, 0.15) is 12.7 Å². The Morgan fingerprint density at radius 1 is 0.694 bits per heavy atom. The first-order valence-electron chi connectivity index (χ1n) is 15.0. The second kappa shape index (κ2) is 28.0. The number of allylic oxidation sites excluding steroid dienone is 4. The predicted octanol–water partition coefficient (Wildman–Crippen LogP) is 7.96. The molecule has 5 nitrogen and oxygen atoms in total. The number of hydrogen-bond acceptors (Lipinski definition) is 4. The smallest absolute Gasteiger partial charge is 0.305 e. The molecule has 0 aromatic heterocycles. The van der Waals surface area contributed by atoms with Gasteiger partial charge in [-0.05, 0) is 44.9 Å². The number of unbranched alkanes of at least 4 members (excludes halogenated alkanes) is 14. The third-order valence-corrected chi connectivity index (χ3v) is 6.31. The first kappa shape index (κ1) is 34.4. The van der Waals surface area contributed by atoms with E-state index in [4.69, 9.17) is 4.74 Å². The van der Waals surface area contributed by atoms with Gasteiger partial charge < -0.3 is 15.2 Å². The Bertz CT molecular complexity index is 559. The standard InChI is InChI=1S/C31H57NO4/c1-3-5-7-9-11-12-13-14-15-16-17-18-20-21-23-25-30(34)32-27-29(33)28-36-31(35)26-24-22-19-10-8-6-4-2/h11-12,14-15,29,33H,3-10,13,16-28H2,1-2H3,(H,32,34). The molecule has 0 rings (SSSR count). The number of esters is 1. The maximum absolute atomic E-state index is 11.9. The van der Waals surface area contributed by atoms with Gasteiger partial charge in [0.05, 0.1) is 0 Å². The normalized spacial score (nSPS) is 12.4. The van der Waals surface area contributed by atoms with E-state index < -0.39 is 6.10 Å². The molecule has 0 heterocycles. The molecular weight excluding hydrogens is 450 g/mol. The first-order chi connectivity index (χ1) is 17.6. The van der Waals surface area contributed by atoms with Gasteiger partial charge in [0.25, 0.3) is 0 Å². The van der Waals surface area contributed by atoms with Crippen LogP contribution in [-0.4, -0.2) is 36.2 Å². The molecule has 0 radical (unpaired) electrons. The molecule has 210 valence electrons. The molecule has 0 bridgehead atoms. The molecule has 0 spiro atoms. The molecule has 0 aromatic carbocycles. The van der Waals surface area contributed by atoms with E-state index in [-0.39, 0.29) is 25.0 Å². The second-order valence-electron chi connectivity index (χ2n) is 9.99. The van der Waals surface area contributed by atoms with Crippen molar-refractivity contribution in [2.45, 2.75) is 148 Å². The van der Waals surface area contributed by atoms with Crippen molar-refractivity contribution >= 4 is 11.9 Å². The number of rotatable bonds is 26. The van der Waals surface area contributed by atoms with Gasteiger partial charge in [-0.2, -0.15) is 0 Å². The lowest BCUT2D eigenvalue weighted by molar-refractivity contribution is -0.146. The highest BCUT2D eigenvalue weighted by atomic mass is 16.5. The molecule has 1 atom stereocenters. The summed E-state index contributed by atoms with van der Waals surface area (Å²) in [7, 11) is 0. The first-order valence-corrected chi connectivity index (χ1v) is 15.0. The maximum Gasteiger partial charge on any atom is 0.305 e. The Morgan fingerprint density at radius 2 is 1.19 bits per heavy atom. The van der Waals surface area contributed by atoms with Crippen molar-refractivity contribution < 1.29 is 19.4 Å². The third-order valence-electron chi connectivity index (χ3n) is 6.31. The Kier molecular flexibility index (Phi) is 26.7. The number of hydrogen-bond donors (Lipinski definition) is 2. The van der Waals surface area contributed by atoms with Crippen LogP contribution in [0.3, 0.4) is 0 Å². The third kappa shape index (κ3) is 27.0. The lowest BCUT2D eigenvalue weighted by Gasteiger charge is -2.12. The van der Waals surface area contributed by atoms with Crippen LogP contribution >= 0.6 is 0 Å². The maximum atomic E-state index is 11.9. The van der Waals surface area contributed by atoms with Gasteiger partial charge in [0.15, 0.2) is 0 Å². The van der Waals surface area contributed by atoms with E-state index in [0.717, 1.165) is 51.4 Å². The number of carbonyl (C=O) groups excluding carboxylic acids is 2. The van der Waals surface area contributed by atoms with Gasteiger partial charge in [-0.1, -0.05) is 109 Å². The quantitative estimate of drug-likeness (QED) is 0.0707. The summed E-state index contributed by atoms with van der Waals surface area (Å²) in [6, 6.07) is 0. The van der Waals surface area contributed by atoms with E-state index in [9.17, 15) is 14.7 Å². The molecule has 0 aliphatic rings. The van der Waals surface area contributed by atoms with Crippen LogP contribution in [0.4, 0.5) is 0 Å². The molecule has 0 saturated heterocycles. The summed E-state index contributed by atoms with van der Waals surface area (Å²) in [5.41, 5.74) is 0. The fourth-order valence-electron chi connectivity index (χ4n) is 3.96. The molecular formula is C31H57NO4. The van der Waals surface area contributed by atoms with Crippen molar-refractivity contribution in [3.63, 3.8) is 0 Å². The van der Waals surface area contributed by atoms with Gasteiger partial charge >= 0.3 is 5.97 Å². The zero-order valence-electron chi connectivity index (χ0n) is 23.6. The lowest BCUT2D eigenvalue weighted by Crippen LogP contribution is -2.35. The van der Waals surface area contributed by atoms with Crippen molar-refractivity contribution in [1.82, 2.24) is 5.32 Å². The molecule has 36 heavy (non-hydrogen) atoms. The summed E-state index contributed by atoms with van der Waals surface area (Å²) < 4.78 is 5.12. The zero-order chi connectivity index (χ0) is 26.5. The number of nitrogens with one attached hydrogen (secondary N) is 1. The van der Waals surface area contributed by atoms with E-state index in [1.165, 1.54) is 64.2 Å². The second-order valence-corrected chi connectivity index (χ2v) is 9.99. The summed E-state index contributed by atoms with van der Waals surface area (Å²) in [6.45, 7) is 4.51. The summed E-state index contributed by atoms with van der Waals surface area (Å²) in [4.78, 5) is 23.7. The van der Waals surface area contributed by atoms with E-state index in [1.807, 2.05) is 0 Å². The Hall–Kier alpha value is -1.62. The summed E-state index contributed by atoms with van der Waals surface area (Å²) >= 11 is 0. The average molecular weight is 508 g/mol. The molecule has 1 unspecified atom stereocenters. The van der Waals surface area contributed by atoms with Crippen LogP contribution in [-0.2, 0) is 14.3 Å². The van der Waals surface area contributed by atoms with Crippen molar-refractivity contribution in [3.8, 4) is 0 Å². The Labute approximate surface area is 222 Å². The topological polar surface area (TPSA) is 75.6 Å². The molecule has 2 N–H and O–H groups in total. The number of amides is 1. The number of aliphatic hydroxyl groups excluding tert-OH is 1. The van der Waals surface area contributed by atoms with Crippen LogP contribution in [0.1, 0.15) is 142 Å². The van der Waals surface area contributed by atoms with Gasteiger partial charge in [-0.25, -0.2) is 0 Å². The minimum Gasteiger partial charge on any atom is -0.463 e. The summed E-state index contributed by atoms with van der Waals surface area (Å²) in [6.07, 6.45) is 30.0. The molecule has 0 aliphatic carbocycles. The largest absolute Gasteiger partial charge is 0.463 e. The average Bonchev–Trinajstić information content (AvgIpc) is 2.88. The molecule has 0 aromatic rings. The summed E-state index contributed by atoms with van der Waals surface area (Å²) in [5.74, 6) is -0.312. The van der Waals surface area contributed by atoms with Gasteiger partial charge in [0.2, 0.25) is 5.91 Å². The SMILES string of the molecule is CCCCCC=CCC=CCCCCCCCC(=O)NCC(O)COC(=O)CCCCCCCCC. The highest BCUT2D eigenvalue weighted by Crippen LogP contribution is 2.10. The number of aliphatic hydroxyl groups is 1. The van der Waals surface area contributed by atoms with E-state index in [0.29, 0.717) is 12.8 Å². The molecule has 0 fully saturated rings. The van der Waals surface area contributed by atoms with E-state index in [1.54, 1.807) is 0 Å². The van der Waals surface area contributed by atoms with Crippen LogP contribution < -0.4 is 5.32 Å². The molecule has 0 saturated carbocycles. The highest BCUT2D eigenvalue weighted by Gasteiger charge is 2.10. The predicted molar refractivity (Wildman–Crippen MR) is 152 cm³/mol. The van der Waals surface area contributed by atoms with Crippen LogP contribution in [0.15, 0.2) is 24.3 Å². The van der Waals surface area contributed by atoms with Crippen molar-refractivity contribution in [2.75, 3.05) is 13.2 Å². The molecule has 1 amide bonds. The fourth-order valence-corrected chi connectivity index (χ4v) is 3.96. The van der Waals surface area contributed by atoms with Crippen molar-refractivity contribution in [3.05, 3.63) is 24.3 Å². The number of carbonyl (C=O) groups is 2. The van der Waals surface area contributed by atoms with Crippen LogP contribution in [0, 0.1) is 0 Å². The summed E-state index contributed by atoms with van der Waals surface area (Å²) in [5, 5.41) is 12.7. The van der Waals surface area contributed by atoms with Gasteiger partial charge in [-0.3, -0.25) is 9.59 Å². The highest BCUT2D eigenvalue weighted by molar-refractivity contribution is 5.75. The monoisotopic (exact) mass is 507 g/mol. The van der Waals surface area contributed by atoms with Crippen LogP contribution in [0.25, 0.3) is 0 Å². The fraction of sp³-hybridized carbons (Fsp3) is 0.806. The molecule has 5 heteroatoms. The van der Waals surface area contributed by atoms with Gasteiger partial charge in [-0.15, -0.1) is 0 Å². The minimum absolute atomic E-state index is 0.0471. The number of ether oxygens (including phenoxy) is 1. The van der Waals surface area contributed by atoms with Crippen molar-refractivity contribution in [1.29, 1.82) is 0 Å².